The molecule has 6 heteroatoms. The second kappa shape index (κ2) is 3.90. The molecule has 1 aromatic carbocycles. The zero-order chi connectivity index (χ0) is 11.8. The number of aliphatic hydroxyl groups excluding tert-OH is 1. The summed E-state index contributed by atoms with van der Waals surface area (Å²) in [5.41, 5.74) is 0. The highest BCUT2D eigenvalue weighted by Gasteiger charge is 2.11. The van der Waals surface area contributed by atoms with Crippen LogP contribution in [0.4, 0.5) is 4.39 Å². The Hall–Kier alpha value is -1.79. The number of benzene rings is 1. The molecule has 0 amide bonds. The Morgan fingerprint density at radius 2 is 2.24 bits per heavy atom. The molecule has 0 saturated heterocycles. The predicted molar refractivity (Wildman–Crippen MR) is 61.0 cm³/mol. The molecule has 86 valence electrons. The van der Waals surface area contributed by atoms with Crippen molar-refractivity contribution in [3.8, 4) is 10.8 Å². The Morgan fingerprint density at radius 1 is 1.35 bits per heavy atom. The number of thiophene rings is 1. The van der Waals surface area contributed by atoms with Crippen LogP contribution in [0.1, 0.15) is 5.82 Å². The van der Waals surface area contributed by atoms with Gasteiger partial charge in [-0.15, -0.1) is 11.3 Å². The summed E-state index contributed by atoms with van der Waals surface area (Å²) in [6.45, 7) is -0.261. The van der Waals surface area contributed by atoms with Crippen molar-refractivity contribution in [2.24, 2.45) is 0 Å². The highest BCUT2D eigenvalue weighted by molar-refractivity contribution is 7.22. The summed E-state index contributed by atoms with van der Waals surface area (Å²) >= 11 is 1.37. The summed E-state index contributed by atoms with van der Waals surface area (Å²) < 4.78 is 18.8. The maximum atomic E-state index is 13.0. The Kier molecular flexibility index (Phi) is 2.38. The second-order valence-electron chi connectivity index (χ2n) is 3.47. The van der Waals surface area contributed by atoms with Crippen molar-refractivity contribution in [1.82, 2.24) is 10.1 Å². The minimum absolute atomic E-state index is 0.239. The first-order chi connectivity index (χ1) is 8.26. The average molecular weight is 250 g/mol. The lowest BCUT2D eigenvalue weighted by Gasteiger charge is -1.86. The fraction of sp³-hybridized carbons (Fsp3) is 0.0909. The molecule has 2 heterocycles. The van der Waals surface area contributed by atoms with Crippen LogP contribution < -0.4 is 0 Å². The first kappa shape index (κ1) is 10.4. The predicted octanol–water partition coefficient (Wildman–Crippen LogP) is 2.58. The van der Waals surface area contributed by atoms with Crippen LogP contribution in [0.15, 0.2) is 28.8 Å². The molecule has 0 atom stereocenters. The van der Waals surface area contributed by atoms with E-state index < -0.39 is 0 Å². The molecule has 0 aliphatic rings. The lowest BCUT2D eigenvalue weighted by molar-refractivity contribution is 0.264. The van der Waals surface area contributed by atoms with Crippen molar-refractivity contribution in [2.75, 3.05) is 0 Å². The quantitative estimate of drug-likeness (QED) is 0.759. The Labute approximate surface area is 99.3 Å². The van der Waals surface area contributed by atoms with Gasteiger partial charge >= 0.3 is 0 Å². The van der Waals surface area contributed by atoms with Gasteiger partial charge in [-0.2, -0.15) is 4.98 Å². The van der Waals surface area contributed by atoms with Gasteiger partial charge in [0, 0.05) is 4.70 Å². The number of hydrogen-bond acceptors (Lipinski definition) is 5. The molecule has 0 bridgehead atoms. The van der Waals surface area contributed by atoms with Crippen molar-refractivity contribution < 1.29 is 14.0 Å². The second-order valence-corrected chi connectivity index (χ2v) is 4.55. The summed E-state index contributed by atoms with van der Waals surface area (Å²) in [5, 5.41) is 13.4. The maximum absolute atomic E-state index is 13.0. The van der Waals surface area contributed by atoms with Crippen molar-refractivity contribution in [2.45, 2.75) is 6.61 Å². The smallest absolute Gasteiger partial charge is 0.268 e. The number of aromatic nitrogens is 2. The van der Waals surface area contributed by atoms with E-state index in [9.17, 15) is 4.39 Å². The van der Waals surface area contributed by atoms with Crippen LogP contribution in [0.3, 0.4) is 0 Å². The first-order valence-corrected chi connectivity index (χ1v) is 5.71. The van der Waals surface area contributed by atoms with Crippen LogP contribution in [-0.2, 0) is 6.61 Å². The van der Waals surface area contributed by atoms with E-state index in [0.717, 1.165) is 15.0 Å². The van der Waals surface area contributed by atoms with Gasteiger partial charge in [0.05, 0.1) is 4.88 Å². The molecule has 2 aromatic heterocycles. The van der Waals surface area contributed by atoms with E-state index in [1.807, 2.05) is 6.07 Å². The lowest BCUT2D eigenvalue weighted by Crippen LogP contribution is -1.83. The Balaban J connectivity index is 2.11. The summed E-state index contributed by atoms with van der Waals surface area (Å²) in [6.07, 6.45) is 0. The number of aliphatic hydroxyl groups is 1. The summed E-state index contributed by atoms with van der Waals surface area (Å²) in [4.78, 5) is 4.77. The molecule has 0 aliphatic heterocycles. The number of hydrogen-bond donors (Lipinski definition) is 1. The van der Waals surface area contributed by atoms with Gasteiger partial charge in [0.15, 0.2) is 5.82 Å². The van der Waals surface area contributed by atoms with Crippen molar-refractivity contribution in [3.63, 3.8) is 0 Å². The van der Waals surface area contributed by atoms with Gasteiger partial charge in [0.25, 0.3) is 5.89 Å². The van der Waals surface area contributed by atoms with Crippen LogP contribution in [0, 0.1) is 5.82 Å². The lowest BCUT2D eigenvalue weighted by atomic mass is 10.2. The molecule has 0 unspecified atom stereocenters. The standard InChI is InChI=1S/C11H7FN2O2S/c12-7-2-1-6-3-9(17-8(6)4-7)11-13-10(5-15)14-16-11/h1-4,15H,5H2. The largest absolute Gasteiger partial charge is 0.388 e. The molecule has 0 radical (unpaired) electrons. The maximum Gasteiger partial charge on any atom is 0.268 e. The number of fused-ring (bicyclic) bond motifs is 1. The normalized spacial score (nSPS) is 11.2. The highest BCUT2D eigenvalue weighted by Crippen LogP contribution is 2.32. The van der Waals surface area contributed by atoms with Crippen molar-refractivity contribution in [3.05, 3.63) is 35.9 Å². The van der Waals surface area contributed by atoms with Crippen molar-refractivity contribution >= 4 is 21.4 Å². The van der Waals surface area contributed by atoms with Crippen LogP contribution in [0.5, 0.6) is 0 Å². The first-order valence-electron chi connectivity index (χ1n) is 4.89. The fourth-order valence-electron chi connectivity index (χ4n) is 1.53. The molecule has 1 N–H and O–H groups in total. The van der Waals surface area contributed by atoms with E-state index in [-0.39, 0.29) is 18.2 Å². The zero-order valence-electron chi connectivity index (χ0n) is 8.55. The third-order valence-corrected chi connectivity index (χ3v) is 3.39. The van der Waals surface area contributed by atoms with Gasteiger partial charge < -0.3 is 9.63 Å². The third kappa shape index (κ3) is 1.81. The van der Waals surface area contributed by atoms with Gasteiger partial charge in [-0.1, -0.05) is 11.2 Å². The number of halogens is 1. The van der Waals surface area contributed by atoms with Gasteiger partial charge in [0.1, 0.15) is 12.4 Å². The Bertz CT molecular complexity index is 677. The van der Waals surface area contributed by atoms with E-state index in [0.29, 0.717) is 5.89 Å². The van der Waals surface area contributed by atoms with E-state index in [1.54, 1.807) is 6.07 Å². The van der Waals surface area contributed by atoms with Crippen LogP contribution >= 0.6 is 11.3 Å². The Morgan fingerprint density at radius 3 is 3.00 bits per heavy atom. The molecule has 0 aliphatic carbocycles. The highest BCUT2D eigenvalue weighted by atomic mass is 32.1. The van der Waals surface area contributed by atoms with E-state index in [4.69, 9.17) is 9.63 Å². The molecule has 0 fully saturated rings. The molecule has 3 aromatic rings. The van der Waals surface area contributed by atoms with Crippen molar-refractivity contribution in [1.29, 1.82) is 0 Å². The van der Waals surface area contributed by atoms with Crippen LogP contribution in [0.2, 0.25) is 0 Å². The molecule has 0 saturated carbocycles. The monoisotopic (exact) mass is 250 g/mol. The summed E-state index contributed by atoms with van der Waals surface area (Å²) in [6, 6.07) is 6.43. The molecule has 0 spiro atoms. The van der Waals surface area contributed by atoms with Gasteiger partial charge in [-0.05, 0) is 23.6 Å². The SMILES string of the molecule is OCc1noc(-c2cc3ccc(F)cc3s2)n1. The average Bonchev–Trinajstić information content (AvgIpc) is 2.93. The summed E-state index contributed by atoms with van der Waals surface area (Å²) in [5.74, 6) is 0.312. The topological polar surface area (TPSA) is 59.2 Å². The fourth-order valence-corrected chi connectivity index (χ4v) is 2.54. The minimum atomic E-state index is -0.271. The van der Waals surface area contributed by atoms with E-state index in [2.05, 4.69) is 10.1 Å². The summed E-state index contributed by atoms with van der Waals surface area (Å²) in [7, 11) is 0. The van der Waals surface area contributed by atoms with Gasteiger partial charge in [-0.3, -0.25) is 0 Å². The van der Waals surface area contributed by atoms with Gasteiger partial charge in [0.2, 0.25) is 0 Å². The molecule has 3 rings (SSSR count). The number of nitrogens with zero attached hydrogens (tertiary/aromatic N) is 2. The molecule has 17 heavy (non-hydrogen) atoms. The molecular weight excluding hydrogens is 243 g/mol. The van der Waals surface area contributed by atoms with E-state index >= 15 is 0 Å². The molecule has 4 nitrogen and oxygen atoms in total. The number of rotatable bonds is 2. The molecular formula is C11H7FN2O2S. The van der Waals surface area contributed by atoms with Gasteiger partial charge in [-0.25, -0.2) is 4.39 Å². The van der Waals surface area contributed by atoms with Crippen LogP contribution in [-0.4, -0.2) is 15.2 Å². The van der Waals surface area contributed by atoms with Crippen LogP contribution in [0.25, 0.3) is 20.9 Å². The van der Waals surface area contributed by atoms with E-state index in [1.165, 1.54) is 23.5 Å². The zero-order valence-corrected chi connectivity index (χ0v) is 9.37. The minimum Gasteiger partial charge on any atom is -0.388 e. The third-order valence-electron chi connectivity index (χ3n) is 2.30.